The number of nitrogens with two attached hydrogens (primary N) is 1. The molecule has 0 saturated heterocycles. The first kappa shape index (κ1) is 13.7. The molecule has 2 aromatic rings. The number of hydrogen-bond donors (Lipinski definition) is 3. The Morgan fingerprint density at radius 1 is 1.47 bits per heavy atom. The number of benzene rings is 1. The van der Waals surface area contributed by atoms with E-state index in [9.17, 15) is 4.39 Å². The van der Waals surface area contributed by atoms with E-state index >= 15 is 0 Å². The summed E-state index contributed by atoms with van der Waals surface area (Å²) in [4.78, 5) is 4.08. The normalized spacial score (nSPS) is 10.5. The lowest BCUT2D eigenvalue weighted by atomic mass is 10.1. The van der Waals surface area contributed by atoms with Gasteiger partial charge in [-0.1, -0.05) is 11.6 Å². The first-order valence-electron chi connectivity index (χ1n) is 5.03. The van der Waals surface area contributed by atoms with E-state index in [4.69, 9.17) is 28.2 Å². The molecular weight excluding hydrogens is 337 g/mol. The van der Waals surface area contributed by atoms with Crippen molar-refractivity contribution in [2.75, 3.05) is 5.73 Å². The molecule has 0 atom stereocenters. The molecule has 0 fully saturated rings. The zero-order valence-corrected chi connectivity index (χ0v) is 11.8. The van der Waals surface area contributed by atoms with Gasteiger partial charge in [0.2, 0.25) is 5.95 Å². The van der Waals surface area contributed by atoms with Crippen LogP contribution in [-0.2, 0) is 0 Å². The van der Waals surface area contributed by atoms with Crippen molar-refractivity contribution < 1.29 is 4.39 Å². The van der Waals surface area contributed by atoms with Crippen molar-refractivity contribution in [3.8, 4) is 11.3 Å². The van der Waals surface area contributed by atoms with Crippen molar-refractivity contribution in [2.45, 2.75) is 0 Å². The third-order valence-corrected chi connectivity index (χ3v) is 3.51. The lowest BCUT2D eigenvalue weighted by Crippen LogP contribution is -2.25. The number of nitrogen functional groups attached to an aromatic ring is 1. The highest BCUT2D eigenvalue weighted by atomic mass is 79.9. The van der Waals surface area contributed by atoms with Crippen LogP contribution in [0.1, 0.15) is 0 Å². The van der Waals surface area contributed by atoms with Gasteiger partial charge in [-0.05, 0) is 34.1 Å². The minimum Gasteiger partial charge on any atom is -0.369 e. The molecule has 1 aromatic carbocycles. The Morgan fingerprint density at radius 3 is 2.74 bits per heavy atom. The summed E-state index contributed by atoms with van der Waals surface area (Å²) in [6, 6.07) is 3.85. The van der Waals surface area contributed by atoms with Crippen LogP contribution in [0.15, 0.2) is 22.7 Å². The molecule has 19 heavy (non-hydrogen) atoms. The van der Waals surface area contributed by atoms with Crippen LogP contribution in [-0.4, -0.2) is 15.9 Å². The van der Waals surface area contributed by atoms with E-state index in [1.807, 2.05) is 0 Å². The number of aromatic nitrogens is 2. The Bertz CT molecular complexity index is 728. The van der Waals surface area contributed by atoms with E-state index in [1.54, 1.807) is 0 Å². The minimum absolute atomic E-state index is 0.0291. The third kappa shape index (κ3) is 2.39. The fourth-order valence-corrected chi connectivity index (χ4v) is 2.29. The highest BCUT2D eigenvalue weighted by Crippen LogP contribution is 2.31. The molecular formula is C11H8BrClFN5. The summed E-state index contributed by atoms with van der Waals surface area (Å²) < 4.78 is 14.4. The largest absolute Gasteiger partial charge is 0.369 e. The standard InChI is InChI=1S/C11H8BrClFN5/c12-8-9(6-2-1-5(14)3-7(6)13)18-11(17)19(4-15)10(8)16/h1-4,15-16H,(H2,17,18). The Hall–Kier alpha value is -1.73. The van der Waals surface area contributed by atoms with Gasteiger partial charge in [0.1, 0.15) is 11.3 Å². The van der Waals surface area contributed by atoms with E-state index in [2.05, 4.69) is 20.9 Å². The molecule has 1 aromatic heterocycles. The molecule has 98 valence electrons. The van der Waals surface area contributed by atoms with Crippen molar-refractivity contribution in [3.05, 3.63) is 39.0 Å². The van der Waals surface area contributed by atoms with Gasteiger partial charge in [-0.2, -0.15) is 0 Å². The van der Waals surface area contributed by atoms with E-state index in [1.165, 1.54) is 12.1 Å². The van der Waals surface area contributed by atoms with Crippen molar-refractivity contribution in [3.63, 3.8) is 0 Å². The highest BCUT2D eigenvalue weighted by Gasteiger charge is 2.14. The smallest absolute Gasteiger partial charge is 0.207 e. The van der Waals surface area contributed by atoms with E-state index in [0.717, 1.165) is 17.0 Å². The van der Waals surface area contributed by atoms with Crippen molar-refractivity contribution in [2.24, 2.45) is 0 Å². The predicted octanol–water partition coefficient (Wildman–Crippen LogP) is 2.62. The van der Waals surface area contributed by atoms with Crippen molar-refractivity contribution in [1.29, 1.82) is 10.8 Å². The SMILES string of the molecule is N=Cn1c(N)nc(-c2ccc(F)cc2Cl)c(Br)c1=N. The van der Waals surface area contributed by atoms with Crippen molar-refractivity contribution >= 4 is 39.8 Å². The quantitative estimate of drug-likeness (QED) is 0.577. The fourth-order valence-electron chi connectivity index (χ4n) is 1.54. The summed E-state index contributed by atoms with van der Waals surface area (Å²) in [5.41, 5.74) is 6.39. The molecule has 0 unspecified atom stereocenters. The summed E-state index contributed by atoms with van der Waals surface area (Å²) in [5, 5.41) is 15.2. The average Bonchev–Trinajstić information content (AvgIpc) is 2.35. The third-order valence-electron chi connectivity index (χ3n) is 2.45. The molecule has 0 aliphatic carbocycles. The molecule has 0 spiro atoms. The van der Waals surface area contributed by atoms with E-state index in [0.29, 0.717) is 15.7 Å². The van der Waals surface area contributed by atoms with Crippen LogP contribution >= 0.6 is 27.5 Å². The van der Waals surface area contributed by atoms with E-state index in [-0.39, 0.29) is 16.5 Å². The summed E-state index contributed by atoms with van der Waals surface area (Å²) in [5.74, 6) is -0.493. The molecule has 2 rings (SSSR count). The number of anilines is 1. The maximum Gasteiger partial charge on any atom is 0.207 e. The summed E-state index contributed by atoms with van der Waals surface area (Å²) >= 11 is 9.17. The number of nitrogens with one attached hydrogen (secondary N) is 2. The zero-order valence-electron chi connectivity index (χ0n) is 9.42. The molecule has 0 amide bonds. The van der Waals surface area contributed by atoms with Crippen LogP contribution in [0.3, 0.4) is 0 Å². The predicted molar refractivity (Wildman–Crippen MR) is 74.8 cm³/mol. The number of hydrogen-bond acceptors (Lipinski definition) is 4. The van der Waals surface area contributed by atoms with Crippen LogP contribution in [0.2, 0.25) is 5.02 Å². The van der Waals surface area contributed by atoms with Gasteiger partial charge in [-0.25, -0.2) is 9.37 Å². The molecule has 1 heterocycles. The van der Waals surface area contributed by atoms with Gasteiger partial charge >= 0.3 is 0 Å². The lowest BCUT2D eigenvalue weighted by Gasteiger charge is -2.11. The van der Waals surface area contributed by atoms with Crippen LogP contribution in [0.25, 0.3) is 11.3 Å². The molecule has 0 aliphatic rings. The topological polar surface area (TPSA) is 91.5 Å². The zero-order chi connectivity index (χ0) is 14.2. The van der Waals surface area contributed by atoms with Gasteiger partial charge in [-0.3, -0.25) is 15.4 Å². The monoisotopic (exact) mass is 343 g/mol. The Labute approximate surface area is 121 Å². The van der Waals surface area contributed by atoms with Crippen LogP contribution in [0.5, 0.6) is 0 Å². The maximum atomic E-state index is 13.0. The van der Waals surface area contributed by atoms with Gasteiger partial charge < -0.3 is 5.73 Å². The van der Waals surface area contributed by atoms with Gasteiger partial charge in [0.05, 0.1) is 21.5 Å². The molecule has 0 aliphatic heterocycles. The fraction of sp³-hybridized carbons (Fsp3) is 0. The Kier molecular flexibility index (Phi) is 3.68. The van der Waals surface area contributed by atoms with Gasteiger partial charge in [0.15, 0.2) is 0 Å². The van der Waals surface area contributed by atoms with Crippen LogP contribution in [0, 0.1) is 16.6 Å². The number of nitrogens with zero attached hydrogens (tertiary/aromatic N) is 2. The number of rotatable bonds is 2. The lowest BCUT2D eigenvalue weighted by molar-refractivity contribution is 0.628. The first-order valence-corrected chi connectivity index (χ1v) is 6.21. The van der Waals surface area contributed by atoms with Crippen LogP contribution in [0.4, 0.5) is 10.3 Å². The highest BCUT2D eigenvalue weighted by molar-refractivity contribution is 9.10. The van der Waals surface area contributed by atoms with E-state index < -0.39 is 5.82 Å². The van der Waals surface area contributed by atoms with Crippen LogP contribution < -0.4 is 11.2 Å². The average molecular weight is 345 g/mol. The first-order chi connectivity index (χ1) is 8.95. The molecule has 5 nitrogen and oxygen atoms in total. The van der Waals surface area contributed by atoms with Gasteiger partial charge in [0, 0.05) is 5.56 Å². The van der Waals surface area contributed by atoms with Gasteiger partial charge in [0.25, 0.3) is 0 Å². The second-order valence-electron chi connectivity index (χ2n) is 3.60. The van der Waals surface area contributed by atoms with Crippen molar-refractivity contribution in [1.82, 2.24) is 9.55 Å². The molecule has 4 N–H and O–H groups in total. The number of halogens is 3. The molecule has 0 bridgehead atoms. The Morgan fingerprint density at radius 2 is 2.16 bits per heavy atom. The maximum absolute atomic E-state index is 13.0. The summed E-state index contributed by atoms with van der Waals surface area (Å²) in [7, 11) is 0. The van der Waals surface area contributed by atoms with Gasteiger partial charge in [-0.15, -0.1) is 0 Å². The molecule has 0 radical (unpaired) electrons. The summed E-state index contributed by atoms with van der Waals surface area (Å²) in [6.07, 6.45) is 0.880. The molecule has 8 heteroatoms. The molecule has 0 saturated carbocycles. The second-order valence-corrected chi connectivity index (χ2v) is 4.80. The minimum atomic E-state index is -0.463. The Balaban J connectivity index is 2.77. The second kappa shape index (κ2) is 5.10. The summed E-state index contributed by atoms with van der Waals surface area (Å²) in [6.45, 7) is 0.